The maximum Gasteiger partial charge on any atom is 0.261 e. The Balaban J connectivity index is 1.52. The average molecular weight is 314 g/mol. The van der Waals surface area contributed by atoms with E-state index >= 15 is 0 Å². The molecule has 0 aliphatic heterocycles. The van der Waals surface area contributed by atoms with Crippen molar-refractivity contribution in [3.63, 3.8) is 0 Å². The van der Waals surface area contributed by atoms with Crippen LogP contribution in [0.1, 0.15) is 52.5 Å². The SMILES string of the molecule is Cc1cc(C(=O)NCCCn2nccc2C2CC2)c(=O)[nH]c1C. The van der Waals surface area contributed by atoms with Crippen molar-refractivity contribution in [3.8, 4) is 0 Å². The van der Waals surface area contributed by atoms with Gasteiger partial charge in [0.2, 0.25) is 0 Å². The lowest BCUT2D eigenvalue weighted by Gasteiger charge is -2.08. The van der Waals surface area contributed by atoms with Gasteiger partial charge in [-0.3, -0.25) is 14.3 Å². The van der Waals surface area contributed by atoms with Gasteiger partial charge in [-0.2, -0.15) is 5.10 Å². The first kappa shape index (κ1) is 15.5. The molecular formula is C17H22N4O2. The van der Waals surface area contributed by atoms with E-state index in [0.717, 1.165) is 24.2 Å². The Labute approximate surface area is 134 Å². The van der Waals surface area contributed by atoms with Gasteiger partial charge >= 0.3 is 0 Å². The van der Waals surface area contributed by atoms with E-state index in [9.17, 15) is 9.59 Å². The number of pyridine rings is 1. The molecule has 2 heterocycles. The summed E-state index contributed by atoms with van der Waals surface area (Å²) in [7, 11) is 0. The minimum absolute atomic E-state index is 0.172. The summed E-state index contributed by atoms with van der Waals surface area (Å²) in [5, 5.41) is 7.15. The fraction of sp³-hybridized carbons (Fsp3) is 0.471. The van der Waals surface area contributed by atoms with Crippen molar-refractivity contribution in [2.75, 3.05) is 6.54 Å². The monoisotopic (exact) mass is 314 g/mol. The van der Waals surface area contributed by atoms with E-state index in [1.165, 1.54) is 18.5 Å². The molecule has 0 aromatic carbocycles. The van der Waals surface area contributed by atoms with Gasteiger partial charge in [-0.05, 0) is 50.8 Å². The smallest absolute Gasteiger partial charge is 0.261 e. The molecule has 2 N–H and O–H groups in total. The number of aromatic amines is 1. The first-order chi connectivity index (χ1) is 11.1. The van der Waals surface area contributed by atoms with Crippen LogP contribution in [0, 0.1) is 13.8 Å². The number of hydrogen-bond donors (Lipinski definition) is 2. The van der Waals surface area contributed by atoms with Crippen molar-refractivity contribution < 1.29 is 4.79 Å². The second-order valence-corrected chi connectivity index (χ2v) is 6.18. The molecule has 6 heteroatoms. The maximum atomic E-state index is 12.1. The fourth-order valence-electron chi connectivity index (χ4n) is 2.68. The van der Waals surface area contributed by atoms with E-state index < -0.39 is 0 Å². The molecule has 3 rings (SSSR count). The molecular weight excluding hydrogens is 292 g/mol. The molecule has 0 unspecified atom stereocenters. The van der Waals surface area contributed by atoms with Crippen molar-refractivity contribution in [3.05, 3.63) is 51.2 Å². The zero-order valence-corrected chi connectivity index (χ0v) is 13.6. The van der Waals surface area contributed by atoms with Crippen molar-refractivity contribution >= 4 is 5.91 Å². The van der Waals surface area contributed by atoms with E-state index in [-0.39, 0.29) is 17.0 Å². The Morgan fingerprint density at radius 3 is 2.96 bits per heavy atom. The van der Waals surface area contributed by atoms with Gasteiger partial charge < -0.3 is 10.3 Å². The number of nitrogens with zero attached hydrogens (tertiary/aromatic N) is 2. The Bertz CT molecular complexity index is 771. The van der Waals surface area contributed by atoms with Crippen molar-refractivity contribution in [1.29, 1.82) is 0 Å². The molecule has 23 heavy (non-hydrogen) atoms. The molecule has 2 aromatic rings. The van der Waals surface area contributed by atoms with Crippen LogP contribution in [0.2, 0.25) is 0 Å². The molecule has 0 bridgehead atoms. The highest BCUT2D eigenvalue weighted by Crippen LogP contribution is 2.39. The van der Waals surface area contributed by atoms with E-state index in [0.29, 0.717) is 12.5 Å². The summed E-state index contributed by atoms with van der Waals surface area (Å²) in [6, 6.07) is 3.72. The third-order valence-corrected chi connectivity index (χ3v) is 4.32. The minimum Gasteiger partial charge on any atom is -0.352 e. The summed E-state index contributed by atoms with van der Waals surface area (Å²) >= 11 is 0. The second kappa shape index (κ2) is 6.40. The van der Waals surface area contributed by atoms with Gasteiger partial charge in [0, 0.05) is 36.6 Å². The largest absolute Gasteiger partial charge is 0.352 e. The Morgan fingerprint density at radius 2 is 2.22 bits per heavy atom. The highest BCUT2D eigenvalue weighted by Gasteiger charge is 2.26. The van der Waals surface area contributed by atoms with Gasteiger partial charge in [0.15, 0.2) is 0 Å². The third-order valence-electron chi connectivity index (χ3n) is 4.32. The van der Waals surface area contributed by atoms with Crippen molar-refractivity contribution in [1.82, 2.24) is 20.1 Å². The molecule has 1 aliphatic carbocycles. The van der Waals surface area contributed by atoms with Crippen LogP contribution in [-0.2, 0) is 6.54 Å². The lowest BCUT2D eigenvalue weighted by Crippen LogP contribution is -2.31. The first-order valence-electron chi connectivity index (χ1n) is 8.06. The van der Waals surface area contributed by atoms with Crippen LogP contribution in [0.4, 0.5) is 0 Å². The number of hydrogen-bond acceptors (Lipinski definition) is 3. The van der Waals surface area contributed by atoms with Gasteiger partial charge in [-0.15, -0.1) is 0 Å². The Hall–Kier alpha value is -2.37. The zero-order valence-electron chi connectivity index (χ0n) is 13.6. The lowest BCUT2D eigenvalue weighted by atomic mass is 10.1. The minimum atomic E-state index is -0.339. The summed E-state index contributed by atoms with van der Waals surface area (Å²) in [4.78, 5) is 26.7. The standard InChI is InChI=1S/C17H22N4O2/c1-11-10-14(17(23)20-12(11)2)16(22)18-7-3-9-21-15(6-8-19-21)13-4-5-13/h6,8,10,13H,3-5,7,9H2,1-2H3,(H,18,22)(H,20,23). The Morgan fingerprint density at radius 1 is 1.43 bits per heavy atom. The molecule has 0 spiro atoms. The number of amides is 1. The van der Waals surface area contributed by atoms with Gasteiger partial charge in [-0.1, -0.05) is 0 Å². The van der Waals surface area contributed by atoms with Crippen LogP contribution < -0.4 is 10.9 Å². The fourth-order valence-corrected chi connectivity index (χ4v) is 2.68. The van der Waals surface area contributed by atoms with Gasteiger partial charge in [0.1, 0.15) is 5.56 Å². The summed E-state index contributed by atoms with van der Waals surface area (Å²) in [5.74, 6) is 0.346. The highest BCUT2D eigenvalue weighted by atomic mass is 16.2. The molecule has 122 valence electrons. The number of rotatable bonds is 6. The molecule has 0 saturated heterocycles. The number of carbonyl (C=O) groups excluding carboxylic acids is 1. The van der Waals surface area contributed by atoms with Gasteiger partial charge in [0.05, 0.1) is 0 Å². The van der Waals surface area contributed by atoms with Crippen LogP contribution in [0.25, 0.3) is 0 Å². The highest BCUT2D eigenvalue weighted by molar-refractivity contribution is 5.93. The van der Waals surface area contributed by atoms with Crippen molar-refractivity contribution in [2.45, 2.75) is 45.6 Å². The summed E-state index contributed by atoms with van der Waals surface area (Å²) < 4.78 is 2.02. The van der Waals surface area contributed by atoms with E-state index in [2.05, 4.69) is 21.5 Å². The average Bonchev–Trinajstić information content (AvgIpc) is 3.26. The quantitative estimate of drug-likeness (QED) is 0.799. The van der Waals surface area contributed by atoms with Gasteiger partial charge in [0.25, 0.3) is 11.5 Å². The molecule has 2 aromatic heterocycles. The van der Waals surface area contributed by atoms with E-state index in [4.69, 9.17) is 0 Å². The van der Waals surface area contributed by atoms with Gasteiger partial charge in [-0.25, -0.2) is 0 Å². The number of aryl methyl sites for hydroxylation is 3. The van der Waals surface area contributed by atoms with Crippen LogP contribution in [0.15, 0.2) is 23.1 Å². The van der Waals surface area contributed by atoms with Crippen LogP contribution in [0.5, 0.6) is 0 Å². The lowest BCUT2D eigenvalue weighted by molar-refractivity contribution is 0.0951. The number of aromatic nitrogens is 3. The number of nitrogens with one attached hydrogen (secondary N) is 2. The van der Waals surface area contributed by atoms with Crippen molar-refractivity contribution in [2.24, 2.45) is 0 Å². The molecule has 1 aliphatic rings. The van der Waals surface area contributed by atoms with Crippen LogP contribution in [-0.4, -0.2) is 27.2 Å². The Kier molecular flexibility index (Phi) is 4.32. The molecule has 0 atom stereocenters. The first-order valence-corrected chi connectivity index (χ1v) is 8.06. The molecule has 6 nitrogen and oxygen atoms in total. The number of carbonyl (C=O) groups is 1. The van der Waals surface area contributed by atoms with Crippen LogP contribution in [0.3, 0.4) is 0 Å². The summed E-state index contributed by atoms with van der Waals surface area (Å²) in [6.45, 7) is 5.00. The van der Waals surface area contributed by atoms with E-state index in [1.54, 1.807) is 6.07 Å². The zero-order chi connectivity index (χ0) is 16.4. The summed E-state index contributed by atoms with van der Waals surface area (Å²) in [5.41, 5.74) is 2.82. The summed E-state index contributed by atoms with van der Waals surface area (Å²) in [6.07, 6.45) is 5.12. The number of H-pyrrole nitrogens is 1. The van der Waals surface area contributed by atoms with E-state index in [1.807, 2.05) is 24.7 Å². The maximum absolute atomic E-state index is 12.1. The molecule has 1 fully saturated rings. The normalized spacial score (nSPS) is 14.0. The van der Waals surface area contributed by atoms with Crippen LogP contribution >= 0.6 is 0 Å². The molecule has 1 amide bonds. The molecule has 0 radical (unpaired) electrons. The second-order valence-electron chi connectivity index (χ2n) is 6.18. The topological polar surface area (TPSA) is 79.8 Å². The third kappa shape index (κ3) is 3.52. The molecule has 1 saturated carbocycles. The predicted molar refractivity (Wildman–Crippen MR) is 87.7 cm³/mol. The predicted octanol–water partition coefficient (Wildman–Crippen LogP) is 1.89.